The third-order valence-electron chi connectivity index (χ3n) is 2.53. The highest BCUT2D eigenvalue weighted by Crippen LogP contribution is 2.23. The molecule has 0 bridgehead atoms. The zero-order chi connectivity index (χ0) is 13.0. The number of halogens is 1. The smallest absolute Gasteiger partial charge is 0.264 e. The van der Waals surface area contributed by atoms with Crippen LogP contribution in [0.1, 0.15) is 4.88 Å². The van der Waals surface area contributed by atoms with Gasteiger partial charge in [0.15, 0.2) is 0 Å². The van der Waals surface area contributed by atoms with E-state index in [0.29, 0.717) is 30.6 Å². The normalized spacial score (nSPS) is 16.4. The van der Waals surface area contributed by atoms with Crippen LogP contribution in [0.5, 0.6) is 0 Å². The van der Waals surface area contributed by atoms with E-state index in [-0.39, 0.29) is 11.5 Å². The molecule has 2 rings (SSSR count). The van der Waals surface area contributed by atoms with Crippen molar-refractivity contribution in [2.24, 2.45) is 0 Å². The minimum absolute atomic E-state index is 0.135. The highest BCUT2D eigenvalue weighted by atomic mass is 35.5. The predicted molar refractivity (Wildman–Crippen MR) is 70.3 cm³/mol. The largest absolute Gasteiger partial charge is 0.378 e. The van der Waals surface area contributed by atoms with Gasteiger partial charge in [-0.3, -0.25) is 4.79 Å². The van der Waals surface area contributed by atoms with Crippen molar-refractivity contribution in [3.05, 3.63) is 26.9 Å². The minimum atomic E-state index is -0.245. The van der Waals surface area contributed by atoms with Crippen molar-refractivity contribution in [2.75, 3.05) is 26.3 Å². The summed E-state index contributed by atoms with van der Waals surface area (Å²) in [5, 5.41) is 9.07. The number of amides is 1. The number of hydrogen-bond donors (Lipinski definition) is 0. The van der Waals surface area contributed by atoms with Crippen LogP contribution in [-0.2, 0) is 9.53 Å². The number of nitriles is 1. The number of rotatable bonds is 2. The molecule has 1 aromatic heterocycles. The van der Waals surface area contributed by atoms with Crippen LogP contribution in [0.15, 0.2) is 17.7 Å². The molecule has 0 aliphatic carbocycles. The molecule has 94 valence electrons. The molecule has 18 heavy (non-hydrogen) atoms. The second-order valence-corrected chi connectivity index (χ2v) is 5.46. The maximum absolute atomic E-state index is 12.1. The summed E-state index contributed by atoms with van der Waals surface area (Å²) in [5.41, 5.74) is 0.135. The van der Waals surface area contributed by atoms with Crippen molar-refractivity contribution in [1.29, 1.82) is 5.26 Å². The van der Waals surface area contributed by atoms with Crippen molar-refractivity contribution in [2.45, 2.75) is 0 Å². The van der Waals surface area contributed by atoms with E-state index in [1.165, 1.54) is 11.3 Å². The van der Waals surface area contributed by atoms with Crippen molar-refractivity contribution in [1.82, 2.24) is 4.90 Å². The van der Waals surface area contributed by atoms with Gasteiger partial charge in [0.25, 0.3) is 5.91 Å². The Hall–Kier alpha value is -1.35. The predicted octanol–water partition coefficient (Wildman–Crippen LogP) is 2.17. The quantitative estimate of drug-likeness (QED) is 0.617. The molecule has 1 saturated heterocycles. The molecule has 0 N–H and O–H groups in total. The van der Waals surface area contributed by atoms with Crippen LogP contribution in [0.3, 0.4) is 0 Å². The summed E-state index contributed by atoms with van der Waals surface area (Å²) in [6.07, 6.45) is 1.58. The Labute approximate surface area is 114 Å². The summed E-state index contributed by atoms with van der Waals surface area (Å²) >= 11 is 7.15. The lowest BCUT2D eigenvalue weighted by Crippen LogP contribution is -2.41. The van der Waals surface area contributed by atoms with E-state index in [1.807, 2.05) is 6.07 Å². The van der Waals surface area contributed by atoms with E-state index < -0.39 is 0 Å². The molecule has 1 aliphatic heterocycles. The van der Waals surface area contributed by atoms with Crippen LogP contribution >= 0.6 is 22.9 Å². The van der Waals surface area contributed by atoms with E-state index in [0.717, 1.165) is 4.88 Å². The molecular formula is C12H11ClN2O2S. The second kappa shape index (κ2) is 6.01. The maximum Gasteiger partial charge on any atom is 0.264 e. The fourth-order valence-electron chi connectivity index (χ4n) is 1.63. The average molecular weight is 283 g/mol. The summed E-state index contributed by atoms with van der Waals surface area (Å²) < 4.78 is 5.81. The Kier molecular flexibility index (Phi) is 4.37. The van der Waals surface area contributed by atoms with Gasteiger partial charge < -0.3 is 9.64 Å². The van der Waals surface area contributed by atoms with Gasteiger partial charge in [-0.1, -0.05) is 11.6 Å². The molecule has 0 unspecified atom stereocenters. The first-order chi connectivity index (χ1) is 8.70. The van der Waals surface area contributed by atoms with E-state index in [4.69, 9.17) is 21.6 Å². The Balaban J connectivity index is 2.15. The van der Waals surface area contributed by atoms with Crippen LogP contribution in [0.2, 0.25) is 4.34 Å². The van der Waals surface area contributed by atoms with Crippen molar-refractivity contribution in [3.8, 4) is 6.07 Å². The molecule has 1 fully saturated rings. The maximum atomic E-state index is 12.1. The highest BCUT2D eigenvalue weighted by Gasteiger charge is 2.20. The lowest BCUT2D eigenvalue weighted by Gasteiger charge is -2.26. The molecule has 4 nitrogen and oxygen atoms in total. The number of thiophene rings is 1. The van der Waals surface area contributed by atoms with Gasteiger partial charge in [-0.05, 0) is 18.2 Å². The molecule has 2 heterocycles. The van der Waals surface area contributed by atoms with Gasteiger partial charge >= 0.3 is 0 Å². The summed E-state index contributed by atoms with van der Waals surface area (Å²) in [6.45, 7) is 2.11. The van der Waals surface area contributed by atoms with Crippen LogP contribution in [0, 0.1) is 11.3 Å². The fraction of sp³-hybridized carbons (Fsp3) is 0.333. The Morgan fingerprint density at radius 3 is 2.78 bits per heavy atom. The summed E-state index contributed by atoms with van der Waals surface area (Å²) in [7, 11) is 0. The molecular weight excluding hydrogens is 272 g/mol. The number of carbonyl (C=O) groups excluding carboxylic acids is 1. The number of morpholine rings is 1. The Bertz CT molecular complexity index is 512. The van der Waals surface area contributed by atoms with Crippen molar-refractivity contribution >= 4 is 34.9 Å². The molecule has 0 saturated carbocycles. The molecule has 0 aromatic carbocycles. The van der Waals surface area contributed by atoms with E-state index >= 15 is 0 Å². The van der Waals surface area contributed by atoms with Gasteiger partial charge in [-0.15, -0.1) is 11.3 Å². The van der Waals surface area contributed by atoms with Crippen LogP contribution < -0.4 is 0 Å². The molecule has 1 amide bonds. The first-order valence-corrected chi connectivity index (χ1v) is 6.64. The lowest BCUT2D eigenvalue weighted by molar-refractivity contribution is -0.130. The third-order valence-corrected chi connectivity index (χ3v) is 3.71. The number of carbonyl (C=O) groups is 1. The Morgan fingerprint density at radius 2 is 2.22 bits per heavy atom. The van der Waals surface area contributed by atoms with Gasteiger partial charge in [0, 0.05) is 18.0 Å². The van der Waals surface area contributed by atoms with Crippen LogP contribution in [0.4, 0.5) is 0 Å². The van der Waals surface area contributed by atoms with Crippen LogP contribution in [0.25, 0.3) is 6.08 Å². The first-order valence-electron chi connectivity index (χ1n) is 5.45. The SMILES string of the molecule is N#CC(=Cc1ccc(Cl)s1)C(=O)N1CCOCC1. The third kappa shape index (κ3) is 3.10. The monoisotopic (exact) mass is 282 g/mol. The summed E-state index contributed by atoms with van der Waals surface area (Å²) in [4.78, 5) is 14.5. The zero-order valence-corrected chi connectivity index (χ0v) is 11.1. The molecule has 6 heteroatoms. The standard InChI is InChI=1S/C12H11ClN2O2S/c13-11-2-1-10(18-11)7-9(8-14)12(16)15-3-5-17-6-4-15/h1-2,7H,3-6H2. The number of ether oxygens (including phenoxy) is 1. The highest BCUT2D eigenvalue weighted by molar-refractivity contribution is 7.17. The summed E-state index contributed by atoms with van der Waals surface area (Å²) in [5.74, 6) is -0.245. The number of hydrogen-bond acceptors (Lipinski definition) is 4. The van der Waals surface area contributed by atoms with Gasteiger partial charge in [0.2, 0.25) is 0 Å². The molecule has 1 aromatic rings. The van der Waals surface area contributed by atoms with Gasteiger partial charge in [0.05, 0.1) is 17.6 Å². The van der Waals surface area contributed by atoms with Gasteiger partial charge in [-0.25, -0.2) is 0 Å². The zero-order valence-electron chi connectivity index (χ0n) is 9.56. The lowest BCUT2D eigenvalue weighted by atomic mass is 10.2. The molecule has 0 radical (unpaired) electrons. The van der Waals surface area contributed by atoms with Crippen molar-refractivity contribution in [3.63, 3.8) is 0 Å². The fourth-order valence-corrected chi connectivity index (χ4v) is 2.63. The van der Waals surface area contributed by atoms with E-state index in [1.54, 1.807) is 23.1 Å². The molecule has 0 atom stereocenters. The topological polar surface area (TPSA) is 53.3 Å². The number of nitrogens with zero attached hydrogens (tertiary/aromatic N) is 2. The Morgan fingerprint density at radius 1 is 1.50 bits per heavy atom. The van der Waals surface area contributed by atoms with E-state index in [9.17, 15) is 4.79 Å². The summed E-state index contributed by atoms with van der Waals surface area (Å²) in [6, 6.07) is 5.48. The molecule has 0 spiro atoms. The second-order valence-electron chi connectivity index (χ2n) is 3.72. The first kappa shape index (κ1) is 13.1. The average Bonchev–Trinajstić information content (AvgIpc) is 2.82. The van der Waals surface area contributed by atoms with Gasteiger partial charge in [-0.2, -0.15) is 5.26 Å². The van der Waals surface area contributed by atoms with Crippen molar-refractivity contribution < 1.29 is 9.53 Å². The minimum Gasteiger partial charge on any atom is -0.378 e. The van der Waals surface area contributed by atoms with E-state index in [2.05, 4.69) is 0 Å². The van der Waals surface area contributed by atoms with Crippen LogP contribution in [-0.4, -0.2) is 37.1 Å². The van der Waals surface area contributed by atoms with Gasteiger partial charge in [0.1, 0.15) is 11.6 Å². The molecule has 1 aliphatic rings.